The van der Waals surface area contributed by atoms with Crippen LogP contribution in [0.2, 0.25) is 0 Å². The Morgan fingerprint density at radius 1 is 1.15 bits per heavy atom. The number of amides is 2. The van der Waals surface area contributed by atoms with Crippen LogP contribution in [0, 0.1) is 0 Å². The summed E-state index contributed by atoms with van der Waals surface area (Å²) in [5.74, 6) is -0.878. The van der Waals surface area contributed by atoms with Crippen molar-refractivity contribution in [2.24, 2.45) is 0 Å². The first-order valence-electron chi connectivity index (χ1n) is 8.48. The minimum absolute atomic E-state index is 0.224. The summed E-state index contributed by atoms with van der Waals surface area (Å²) in [5, 5.41) is 4.31. The van der Waals surface area contributed by atoms with Gasteiger partial charge in [-0.15, -0.1) is 0 Å². The fraction of sp³-hybridized carbons (Fsp3) is 0.150. The van der Waals surface area contributed by atoms with Crippen LogP contribution in [-0.2, 0) is 9.59 Å². The molecule has 1 fully saturated rings. The van der Waals surface area contributed by atoms with Gasteiger partial charge in [0.15, 0.2) is 0 Å². The number of nitrogens with one attached hydrogen (secondary N) is 2. The van der Waals surface area contributed by atoms with Crippen LogP contribution in [-0.4, -0.2) is 21.8 Å². The molecule has 4 aromatic rings. The van der Waals surface area contributed by atoms with E-state index in [0.717, 1.165) is 33.2 Å². The molecule has 2 amide bonds. The van der Waals surface area contributed by atoms with E-state index in [2.05, 4.69) is 15.3 Å². The molecule has 5 rings (SSSR count). The Balaban J connectivity index is 1.55. The van der Waals surface area contributed by atoms with Gasteiger partial charge >= 0.3 is 0 Å². The summed E-state index contributed by atoms with van der Waals surface area (Å²) < 4.78 is 5.69. The van der Waals surface area contributed by atoms with Crippen LogP contribution in [0.1, 0.15) is 24.3 Å². The molecular formula is C20H15N3O3. The lowest BCUT2D eigenvalue weighted by molar-refractivity contribution is -0.134. The predicted molar refractivity (Wildman–Crippen MR) is 96.4 cm³/mol. The SMILES string of the molecule is O=C1CCC(c2coc3cc(-c4cc5ccccc5[nH]4)ncc23)C(=O)N1. The number of hydrogen-bond acceptors (Lipinski definition) is 4. The standard InChI is InChI=1S/C20H15N3O3/c24-19-6-5-12(20(25)23-19)14-10-26-18-8-16(21-9-13(14)18)17-7-11-3-1-2-4-15(11)22-17/h1-4,7-10,12,22H,5-6H2,(H,23,24,25). The van der Waals surface area contributed by atoms with Crippen molar-refractivity contribution in [2.45, 2.75) is 18.8 Å². The monoisotopic (exact) mass is 345 g/mol. The number of furan rings is 1. The summed E-state index contributed by atoms with van der Waals surface area (Å²) >= 11 is 0. The highest BCUT2D eigenvalue weighted by Gasteiger charge is 2.30. The van der Waals surface area contributed by atoms with Crippen LogP contribution in [0.4, 0.5) is 0 Å². The summed E-state index contributed by atoms with van der Waals surface area (Å²) in [6.07, 6.45) is 4.16. The molecule has 6 nitrogen and oxygen atoms in total. The van der Waals surface area contributed by atoms with Gasteiger partial charge in [-0.2, -0.15) is 0 Å². The molecule has 1 unspecified atom stereocenters. The Morgan fingerprint density at radius 2 is 2.04 bits per heavy atom. The van der Waals surface area contributed by atoms with E-state index in [0.29, 0.717) is 18.4 Å². The third-order valence-corrected chi connectivity index (χ3v) is 4.91. The van der Waals surface area contributed by atoms with Gasteiger partial charge in [-0.05, 0) is 18.6 Å². The number of carbonyl (C=O) groups excluding carboxylic acids is 2. The number of piperidine rings is 1. The number of hydrogen-bond donors (Lipinski definition) is 2. The molecule has 1 aliphatic rings. The van der Waals surface area contributed by atoms with Crippen LogP contribution >= 0.6 is 0 Å². The topological polar surface area (TPSA) is 88.0 Å². The zero-order chi connectivity index (χ0) is 17.7. The van der Waals surface area contributed by atoms with Crippen molar-refractivity contribution < 1.29 is 14.0 Å². The van der Waals surface area contributed by atoms with Crippen LogP contribution in [0.3, 0.4) is 0 Å². The van der Waals surface area contributed by atoms with Crippen molar-refractivity contribution in [3.8, 4) is 11.4 Å². The first-order chi connectivity index (χ1) is 12.7. The number of aromatic nitrogens is 2. The average molecular weight is 345 g/mol. The van der Waals surface area contributed by atoms with Crippen molar-refractivity contribution in [2.75, 3.05) is 0 Å². The van der Waals surface area contributed by atoms with E-state index in [9.17, 15) is 9.59 Å². The fourth-order valence-corrected chi connectivity index (χ4v) is 3.56. The summed E-state index contributed by atoms with van der Waals surface area (Å²) in [5.41, 5.74) is 4.19. The van der Waals surface area contributed by atoms with E-state index in [1.807, 2.05) is 36.4 Å². The van der Waals surface area contributed by atoms with Gasteiger partial charge in [0.2, 0.25) is 11.8 Å². The van der Waals surface area contributed by atoms with Crippen molar-refractivity contribution in [1.29, 1.82) is 0 Å². The molecule has 1 aromatic carbocycles. The highest BCUT2D eigenvalue weighted by Crippen LogP contribution is 2.34. The number of carbonyl (C=O) groups is 2. The zero-order valence-corrected chi connectivity index (χ0v) is 13.8. The maximum absolute atomic E-state index is 12.1. The van der Waals surface area contributed by atoms with Gasteiger partial charge in [0.1, 0.15) is 5.58 Å². The molecule has 4 heterocycles. The number of imide groups is 1. The van der Waals surface area contributed by atoms with Crippen LogP contribution in [0.15, 0.2) is 53.3 Å². The van der Waals surface area contributed by atoms with Gasteiger partial charge in [0.25, 0.3) is 0 Å². The molecule has 1 aliphatic heterocycles. The van der Waals surface area contributed by atoms with E-state index in [1.54, 1.807) is 12.5 Å². The predicted octanol–water partition coefficient (Wildman–Crippen LogP) is 3.50. The molecule has 2 N–H and O–H groups in total. The van der Waals surface area contributed by atoms with Crippen LogP contribution in [0.5, 0.6) is 0 Å². The van der Waals surface area contributed by atoms with Gasteiger partial charge < -0.3 is 9.40 Å². The lowest BCUT2D eigenvalue weighted by Crippen LogP contribution is -2.39. The summed E-state index contributed by atoms with van der Waals surface area (Å²) in [7, 11) is 0. The van der Waals surface area contributed by atoms with Crippen molar-refractivity contribution >= 4 is 33.7 Å². The molecule has 0 spiro atoms. The molecule has 0 aliphatic carbocycles. The highest BCUT2D eigenvalue weighted by molar-refractivity contribution is 6.02. The maximum Gasteiger partial charge on any atom is 0.234 e. The molecule has 6 heteroatoms. The van der Waals surface area contributed by atoms with Crippen molar-refractivity contribution in [3.05, 3.63) is 54.4 Å². The van der Waals surface area contributed by atoms with Gasteiger partial charge in [0, 0.05) is 40.5 Å². The molecule has 1 saturated heterocycles. The third-order valence-electron chi connectivity index (χ3n) is 4.91. The second-order valence-electron chi connectivity index (χ2n) is 6.53. The van der Waals surface area contributed by atoms with Gasteiger partial charge in [0.05, 0.1) is 23.6 Å². The minimum Gasteiger partial charge on any atom is -0.464 e. The minimum atomic E-state index is -0.380. The Labute approximate surface area is 148 Å². The number of fused-ring (bicyclic) bond motifs is 2. The number of pyridine rings is 1. The Hall–Kier alpha value is -3.41. The first-order valence-corrected chi connectivity index (χ1v) is 8.48. The van der Waals surface area contributed by atoms with E-state index in [1.165, 1.54) is 0 Å². The van der Waals surface area contributed by atoms with Crippen molar-refractivity contribution in [3.63, 3.8) is 0 Å². The normalized spacial score (nSPS) is 17.8. The number of aromatic amines is 1. The van der Waals surface area contributed by atoms with E-state index >= 15 is 0 Å². The fourth-order valence-electron chi connectivity index (χ4n) is 3.56. The maximum atomic E-state index is 12.1. The highest BCUT2D eigenvalue weighted by atomic mass is 16.3. The van der Waals surface area contributed by atoms with E-state index in [4.69, 9.17) is 4.42 Å². The second-order valence-corrected chi connectivity index (χ2v) is 6.53. The number of nitrogens with zero attached hydrogens (tertiary/aromatic N) is 1. The molecule has 26 heavy (non-hydrogen) atoms. The van der Waals surface area contributed by atoms with Gasteiger partial charge in [-0.25, -0.2) is 0 Å². The summed E-state index contributed by atoms with van der Waals surface area (Å²) in [6.45, 7) is 0. The Kier molecular flexibility index (Phi) is 3.18. The summed E-state index contributed by atoms with van der Waals surface area (Å²) in [6, 6.07) is 12.0. The molecule has 0 radical (unpaired) electrons. The Morgan fingerprint density at radius 3 is 2.88 bits per heavy atom. The number of H-pyrrole nitrogens is 1. The Bertz CT molecular complexity index is 1140. The molecule has 3 aromatic heterocycles. The zero-order valence-electron chi connectivity index (χ0n) is 13.8. The first kappa shape index (κ1) is 14.9. The average Bonchev–Trinajstić information content (AvgIpc) is 3.25. The number of rotatable bonds is 2. The van der Waals surface area contributed by atoms with E-state index in [-0.39, 0.29) is 17.7 Å². The lowest BCUT2D eigenvalue weighted by atomic mass is 9.90. The number of para-hydroxylation sites is 1. The van der Waals surface area contributed by atoms with E-state index < -0.39 is 0 Å². The smallest absolute Gasteiger partial charge is 0.234 e. The molecule has 128 valence electrons. The molecule has 0 saturated carbocycles. The molecular weight excluding hydrogens is 330 g/mol. The molecule has 1 atom stereocenters. The summed E-state index contributed by atoms with van der Waals surface area (Å²) in [4.78, 5) is 31.4. The number of benzene rings is 1. The molecule has 0 bridgehead atoms. The van der Waals surface area contributed by atoms with Crippen LogP contribution < -0.4 is 5.32 Å². The largest absolute Gasteiger partial charge is 0.464 e. The second kappa shape index (κ2) is 5.56. The van der Waals surface area contributed by atoms with Gasteiger partial charge in [-0.3, -0.25) is 19.9 Å². The quantitative estimate of drug-likeness (QED) is 0.544. The van der Waals surface area contributed by atoms with Crippen LogP contribution in [0.25, 0.3) is 33.3 Å². The third kappa shape index (κ3) is 2.30. The van der Waals surface area contributed by atoms with Gasteiger partial charge in [-0.1, -0.05) is 18.2 Å². The van der Waals surface area contributed by atoms with Crippen molar-refractivity contribution in [1.82, 2.24) is 15.3 Å². The lowest BCUT2D eigenvalue weighted by Gasteiger charge is -2.19.